The van der Waals surface area contributed by atoms with Gasteiger partial charge in [0, 0.05) is 87.2 Å². The molecular formula is C40H36Cl2N2O4. The molecule has 0 saturated heterocycles. The number of carbonyl (C=O) groups is 2. The van der Waals surface area contributed by atoms with Gasteiger partial charge < -0.3 is 18.6 Å². The highest BCUT2D eigenvalue weighted by Crippen LogP contribution is 2.53. The number of aromatic nitrogens is 2. The molecule has 3 unspecified atom stereocenters. The predicted octanol–water partition coefficient (Wildman–Crippen LogP) is 9.78. The maximum Gasteiger partial charge on any atom is 0.166 e. The molecule has 0 fully saturated rings. The number of benzene rings is 4. The van der Waals surface area contributed by atoms with Crippen LogP contribution in [0.4, 0.5) is 0 Å². The molecule has 7 rings (SSSR count). The summed E-state index contributed by atoms with van der Waals surface area (Å²) >= 11 is 12.4. The number of carbonyl (C=O) groups excluding carboxylic acids is 2. The van der Waals surface area contributed by atoms with E-state index >= 15 is 0 Å². The first-order valence-corrected chi connectivity index (χ1v) is 16.8. The number of nitrogens with zero attached hydrogens (tertiary/aromatic N) is 2. The highest BCUT2D eigenvalue weighted by atomic mass is 35.5. The van der Waals surface area contributed by atoms with Crippen molar-refractivity contribution >= 4 is 56.6 Å². The number of ketones is 2. The molecule has 0 aliphatic heterocycles. The van der Waals surface area contributed by atoms with Crippen molar-refractivity contribution in [3.63, 3.8) is 0 Å². The van der Waals surface area contributed by atoms with E-state index in [9.17, 15) is 9.59 Å². The third-order valence-corrected chi connectivity index (χ3v) is 10.6. The Bertz CT molecular complexity index is 2180. The second-order valence-corrected chi connectivity index (χ2v) is 13.5. The minimum absolute atomic E-state index is 0.0204. The Balaban J connectivity index is 1.44. The number of fused-ring (bicyclic) bond motifs is 4. The average molecular weight is 680 g/mol. The zero-order valence-corrected chi connectivity index (χ0v) is 28.8. The fourth-order valence-electron chi connectivity index (χ4n) is 7.75. The molecule has 1 aliphatic rings. The van der Waals surface area contributed by atoms with Crippen molar-refractivity contribution in [2.75, 3.05) is 14.2 Å². The van der Waals surface area contributed by atoms with Gasteiger partial charge in [-0.1, -0.05) is 23.2 Å². The lowest BCUT2D eigenvalue weighted by Crippen LogP contribution is -2.31. The van der Waals surface area contributed by atoms with Gasteiger partial charge in [-0.2, -0.15) is 0 Å². The number of hydrogen-bond donors (Lipinski definition) is 0. The second kappa shape index (κ2) is 12.8. The molecule has 2 heterocycles. The summed E-state index contributed by atoms with van der Waals surface area (Å²) in [4.78, 5) is 28.3. The van der Waals surface area contributed by atoms with Crippen molar-refractivity contribution in [3.05, 3.63) is 129 Å². The molecule has 8 heteroatoms. The molecule has 0 spiro atoms. The van der Waals surface area contributed by atoms with Gasteiger partial charge in [0.05, 0.1) is 14.2 Å². The van der Waals surface area contributed by atoms with Crippen LogP contribution in [-0.2, 0) is 14.1 Å². The molecule has 1 aliphatic carbocycles. The zero-order valence-electron chi connectivity index (χ0n) is 27.3. The van der Waals surface area contributed by atoms with Crippen LogP contribution in [0.25, 0.3) is 21.8 Å². The molecular weight excluding hydrogens is 643 g/mol. The Hall–Kier alpha value is -4.52. The highest BCUT2D eigenvalue weighted by molar-refractivity contribution is 6.31. The monoisotopic (exact) mass is 678 g/mol. The van der Waals surface area contributed by atoms with Gasteiger partial charge >= 0.3 is 0 Å². The van der Waals surface area contributed by atoms with E-state index in [2.05, 4.69) is 53.7 Å². The van der Waals surface area contributed by atoms with Crippen LogP contribution in [0, 0.1) is 5.92 Å². The van der Waals surface area contributed by atoms with Gasteiger partial charge in [0.2, 0.25) is 0 Å². The fraction of sp³-hybridized carbons (Fsp3) is 0.250. The molecule has 0 amide bonds. The molecule has 2 aromatic heterocycles. The van der Waals surface area contributed by atoms with E-state index in [1.165, 1.54) is 0 Å². The SMILES string of the molecule is COc1ccc2c(c1)c(C1CC(C(=O)c3ccc(Cl)cc3)C(CCC(=O)c3ccc(Cl)cc3)c3c1n(C)c1ccc(OC)cc31)cn2C. The summed E-state index contributed by atoms with van der Waals surface area (Å²) in [5, 5.41) is 3.28. The molecule has 6 aromatic rings. The summed E-state index contributed by atoms with van der Waals surface area (Å²) in [5.41, 5.74) is 6.74. The van der Waals surface area contributed by atoms with Crippen molar-refractivity contribution in [2.45, 2.75) is 31.1 Å². The van der Waals surface area contributed by atoms with Gasteiger partial charge in [-0.05, 0) is 115 Å². The van der Waals surface area contributed by atoms with E-state index in [-0.39, 0.29) is 29.8 Å². The minimum Gasteiger partial charge on any atom is -0.497 e. The number of rotatable bonds is 9. The number of methoxy groups -OCH3 is 2. The molecule has 0 radical (unpaired) electrons. The lowest BCUT2D eigenvalue weighted by atomic mass is 9.66. The number of ether oxygens (including phenoxy) is 2. The lowest BCUT2D eigenvalue weighted by molar-refractivity contribution is 0.0862. The van der Waals surface area contributed by atoms with Gasteiger partial charge in [0.15, 0.2) is 11.6 Å². The summed E-state index contributed by atoms with van der Waals surface area (Å²) in [6.07, 6.45) is 3.55. The number of halogens is 2. The first-order valence-electron chi connectivity index (χ1n) is 16.1. The van der Waals surface area contributed by atoms with E-state index in [0.29, 0.717) is 34.0 Å². The predicted molar refractivity (Wildman–Crippen MR) is 192 cm³/mol. The standard InChI is InChI=1S/C40H36Cl2N2O4/c1-43-22-34(30-19-27(47-3)13-16-35(30)43)31-21-32(40(46)24-7-11-26(42)12-8-24)29(15-18-37(45)23-5-9-25(41)10-6-23)38-33-20-28(48-4)14-17-36(33)44(2)39(31)38/h5-14,16-17,19-20,22,29,31-32H,15,18,21H2,1-4H3. The van der Waals surface area contributed by atoms with Crippen LogP contribution in [0.15, 0.2) is 91.1 Å². The molecule has 6 nitrogen and oxygen atoms in total. The van der Waals surface area contributed by atoms with Gasteiger partial charge in [-0.3, -0.25) is 9.59 Å². The maximum atomic E-state index is 14.7. The van der Waals surface area contributed by atoms with Gasteiger partial charge in [-0.25, -0.2) is 0 Å². The first kappa shape index (κ1) is 32.0. The van der Waals surface area contributed by atoms with E-state index in [1.54, 1.807) is 62.8 Å². The van der Waals surface area contributed by atoms with E-state index < -0.39 is 5.92 Å². The largest absolute Gasteiger partial charge is 0.497 e. The van der Waals surface area contributed by atoms with E-state index in [0.717, 1.165) is 50.1 Å². The molecule has 0 N–H and O–H groups in total. The number of Topliss-reactive ketones (excluding diaryl/α,β-unsaturated/α-hetero) is 2. The summed E-state index contributed by atoms with van der Waals surface area (Å²) < 4.78 is 15.8. The Labute approximate surface area is 289 Å². The molecule has 244 valence electrons. The molecule has 48 heavy (non-hydrogen) atoms. The summed E-state index contributed by atoms with van der Waals surface area (Å²) in [5.74, 6) is 0.847. The first-order chi connectivity index (χ1) is 23.2. The van der Waals surface area contributed by atoms with Crippen LogP contribution in [0.5, 0.6) is 11.5 Å². The van der Waals surface area contributed by atoms with E-state index in [1.807, 2.05) is 12.1 Å². The molecule has 3 atom stereocenters. The smallest absolute Gasteiger partial charge is 0.166 e. The summed E-state index contributed by atoms with van der Waals surface area (Å²) in [6, 6.07) is 26.4. The molecule has 4 aromatic carbocycles. The molecule has 0 bridgehead atoms. The number of aryl methyl sites for hydroxylation is 2. The van der Waals surface area contributed by atoms with Gasteiger partial charge in [-0.15, -0.1) is 0 Å². The van der Waals surface area contributed by atoms with Crippen molar-refractivity contribution in [1.82, 2.24) is 9.13 Å². The fourth-order valence-corrected chi connectivity index (χ4v) is 8.00. The van der Waals surface area contributed by atoms with Crippen LogP contribution >= 0.6 is 23.2 Å². The van der Waals surface area contributed by atoms with Crippen LogP contribution in [-0.4, -0.2) is 34.9 Å². The van der Waals surface area contributed by atoms with Crippen LogP contribution in [0.2, 0.25) is 10.0 Å². The van der Waals surface area contributed by atoms with Gasteiger partial charge in [0.1, 0.15) is 11.5 Å². The van der Waals surface area contributed by atoms with Crippen molar-refractivity contribution in [1.29, 1.82) is 0 Å². The van der Waals surface area contributed by atoms with Crippen LogP contribution < -0.4 is 9.47 Å². The zero-order chi connectivity index (χ0) is 33.7. The summed E-state index contributed by atoms with van der Waals surface area (Å²) in [7, 11) is 7.49. The van der Waals surface area contributed by atoms with E-state index in [4.69, 9.17) is 32.7 Å². The highest BCUT2D eigenvalue weighted by Gasteiger charge is 2.43. The van der Waals surface area contributed by atoms with Gasteiger partial charge in [0.25, 0.3) is 0 Å². The lowest BCUT2D eigenvalue weighted by Gasteiger charge is -2.37. The second-order valence-electron chi connectivity index (χ2n) is 12.7. The average Bonchev–Trinajstić information content (AvgIpc) is 3.59. The van der Waals surface area contributed by atoms with Crippen LogP contribution in [0.3, 0.4) is 0 Å². The third kappa shape index (κ3) is 5.57. The van der Waals surface area contributed by atoms with Crippen molar-refractivity contribution in [2.24, 2.45) is 20.0 Å². The number of hydrogen-bond acceptors (Lipinski definition) is 4. The Morgan fingerprint density at radius 2 is 1.35 bits per heavy atom. The maximum absolute atomic E-state index is 14.7. The third-order valence-electron chi connectivity index (χ3n) is 10.1. The normalized spacial score (nSPS) is 17.4. The Kier molecular flexibility index (Phi) is 8.57. The van der Waals surface area contributed by atoms with Crippen molar-refractivity contribution in [3.8, 4) is 11.5 Å². The Morgan fingerprint density at radius 1 is 0.771 bits per heavy atom. The summed E-state index contributed by atoms with van der Waals surface area (Å²) in [6.45, 7) is 0. The minimum atomic E-state index is -0.403. The quantitative estimate of drug-likeness (QED) is 0.143. The van der Waals surface area contributed by atoms with Crippen molar-refractivity contribution < 1.29 is 19.1 Å². The topological polar surface area (TPSA) is 62.5 Å². The molecule has 0 saturated carbocycles. The van der Waals surface area contributed by atoms with Crippen LogP contribution in [0.1, 0.15) is 68.6 Å². The Morgan fingerprint density at radius 3 is 1.98 bits per heavy atom.